The average molecular weight is 529 g/mol. The number of alkyl halides is 6. The molecule has 2 atom stereocenters. The topological polar surface area (TPSA) is 108 Å². The highest BCUT2D eigenvalue weighted by molar-refractivity contribution is 6.21. The van der Waals surface area contributed by atoms with Gasteiger partial charge in [0.1, 0.15) is 0 Å². The Balaban J connectivity index is 1.81. The number of imidazole rings is 1. The maximum Gasteiger partial charge on any atom is 0.493 e. The lowest BCUT2D eigenvalue weighted by Gasteiger charge is -2.30. The van der Waals surface area contributed by atoms with Crippen molar-refractivity contribution in [3.8, 4) is 0 Å². The summed E-state index contributed by atoms with van der Waals surface area (Å²) >= 11 is 0. The van der Waals surface area contributed by atoms with Gasteiger partial charge in [-0.05, 0) is 41.8 Å². The first-order valence-electron chi connectivity index (χ1n) is 10.6. The van der Waals surface area contributed by atoms with Gasteiger partial charge in [0.15, 0.2) is 6.04 Å². The van der Waals surface area contributed by atoms with Crippen LogP contribution in [0, 0.1) is 5.92 Å². The van der Waals surface area contributed by atoms with Crippen molar-refractivity contribution in [1.29, 1.82) is 0 Å². The molecule has 1 fully saturated rings. The number of amides is 3. The van der Waals surface area contributed by atoms with Crippen LogP contribution in [-0.2, 0) is 20.6 Å². The zero-order chi connectivity index (χ0) is 27.3. The monoisotopic (exact) mass is 529 g/mol. The fourth-order valence-electron chi connectivity index (χ4n) is 4.11. The van der Waals surface area contributed by atoms with E-state index in [0.29, 0.717) is 10.5 Å². The number of urea groups is 1. The molecule has 1 saturated heterocycles. The van der Waals surface area contributed by atoms with E-state index in [1.165, 1.54) is 24.5 Å². The van der Waals surface area contributed by atoms with Crippen molar-refractivity contribution in [3.05, 3.63) is 54.1 Å². The zero-order valence-corrected chi connectivity index (χ0v) is 19.0. The molecule has 3 amide bonds. The predicted molar refractivity (Wildman–Crippen MR) is 114 cm³/mol. The molecule has 0 bridgehead atoms. The number of hydrogen-bond acceptors (Lipinski definition) is 6. The lowest BCUT2D eigenvalue weighted by molar-refractivity contribution is -0.231. The van der Waals surface area contributed by atoms with Crippen LogP contribution in [-0.4, -0.2) is 50.1 Å². The van der Waals surface area contributed by atoms with Crippen molar-refractivity contribution >= 4 is 34.6 Å². The number of anilines is 1. The number of carbonyl (C=O) groups excluding carboxylic acids is 3. The van der Waals surface area contributed by atoms with Crippen LogP contribution in [0.2, 0.25) is 0 Å². The highest BCUT2D eigenvalue weighted by Gasteiger charge is 2.55. The van der Waals surface area contributed by atoms with Gasteiger partial charge in [-0.1, -0.05) is 13.8 Å². The Bertz CT molecular complexity index is 1360. The molecule has 0 aliphatic carbocycles. The number of halogens is 6. The van der Waals surface area contributed by atoms with Gasteiger partial charge in [0.25, 0.3) is 5.91 Å². The molecule has 0 spiro atoms. The summed E-state index contributed by atoms with van der Waals surface area (Å²) in [5, 5.41) is 0.0571. The Hall–Kier alpha value is -4.17. The molecule has 1 aliphatic heterocycles. The van der Waals surface area contributed by atoms with Gasteiger partial charge in [-0.2, -0.15) is 26.3 Å². The number of nitrogens with zero attached hydrogens (tertiary/aromatic N) is 4. The third kappa shape index (κ3) is 4.80. The minimum absolute atomic E-state index is 0.0571. The molecule has 2 aromatic heterocycles. The molecule has 4 rings (SSSR count). The summed E-state index contributed by atoms with van der Waals surface area (Å²) in [6.07, 6.45) is -7.53. The minimum atomic E-state index is -5.48. The minimum Gasteiger partial charge on any atom is -0.334 e. The fraction of sp³-hybridized carbons (Fsp3) is 0.318. The molecule has 1 N–H and O–H groups in total. The number of fused-ring (bicyclic) bond motifs is 1. The Morgan fingerprint density at radius 1 is 1.05 bits per heavy atom. The summed E-state index contributed by atoms with van der Waals surface area (Å²) in [5.41, 5.74) is -0.177. The smallest absolute Gasteiger partial charge is 0.334 e. The molecule has 3 heterocycles. The lowest BCUT2D eigenvalue weighted by atomic mass is 9.82. The molecular formula is C22H17F6N5O4. The third-order valence-corrected chi connectivity index (χ3v) is 5.66. The number of carbonyl (C=O) groups is 3. The van der Waals surface area contributed by atoms with Gasteiger partial charge < -0.3 is 9.82 Å². The molecule has 3 aromatic rings. The van der Waals surface area contributed by atoms with Crippen molar-refractivity contribution in [2.45, 2.75) is 38.2 Å². The Labute approximate surface area is 204 Å². The third-order valence-electron chi connectivity index (χ3n) is 5.66. The molecule has 2 unspecified atom stereocenters. The van der Waals surface area contributed by atoms with Crippen LogP contribution in [0.4, 0.5) is 36.8 Å². The number of hydroxylamine groups is 2. The second-order valence-electron chi connectivity index (χ2n) is 8.44. The van der Waals surface area contributed by atoms with Crippen LogP contribution < -0.4 is 4.90 Å². The van der Waals surface area contributed by atoms with Crippen molar-refractivity contribution in [2.24, 2.45) is 5.92 Å². The van der Waals surface area contributed by atoms with E-state index in [9.17, 15) is 40.7 Å². The van der Waals surface area contributed by atoms with Gasteiger partial charge in [0, 0.05) is 18.3 Å². The molecule has 37 heavy (non-hydrogen) atoms. The number of rotatable bonds is 5. The Kier molecular flexibility index (Phi) is 6.33. The van der Waals surface area contributed by atoms with Crippen LogP contribution >= 0.6 is 0 Å². The second kappa shape index (κ2) is 9.05. The number of benzene rings is 1. The number of H-pyrrole nitrogens is 1. The van der Waals surface area contributed by atoms with E-state index in [-0.39, 0.29) is 21.8 Å². The normalized spacial score (nSPS) is 17.7. The van der Waals surface area contributed by atoms with Crippen LogP contribution in [0.25, 0.3) is 11.0 Å². The number of hydrogen-bond donors (Lipinski definition) is 1. The van der Waals surface area contributed by atoms with Crippen LogP contribution in [0.1, 0.15) is 31.2 Å². The summed E-state index contributed by atoms with van der Waals surface area (Å²) in [6, 6.07) is 3.04. The molecular weight excluding hydrogens is 512 g/mol. The van der Waals surface area contributed by atoms with E-state index in [4.69, 9.17) is 0 Å². The highest BCUT2D eigenvalue weighted by atomic mass is 19.4. The first kappa shape index (κ1) is 25.9. The molecule has 15 heteroatoms. The molecule has 0 radical (unpaired) electrons. The van der Waals surface area contributed by atoms with Gasteiger partial charge in [-0.3, -0.25) is 9.78 Å². The van der Waals surface area contributed by atoms with Gasteiger partial charge >= 0.3 is 24.4 Å². The van der Waals surface area contributed by atoms with E-state index in [1.807, 2.05) is 4.98 Å². The van der Waals surface area contributed by atoms with Crippen LogP contribution in [0.5, 0.6) is 0 Å². The molecule has 1 aliphatic rings. The summed E-state index contributed by atoms with van der Waals surface area (Å²) in [5.74, 6) is -6.50. The van der Waals surface area contributed by atoms with Crippen LogP contribution in [0.15, 0.2) is 42.7 Å². The second-order valence-corrected chi connectivity index (χ2v) is 8.44. The lowest BCUT2D eigenvalue weighted by Crippen LogP contribution is -2.45. The summed E-state index contributed by atoms with van der Waals surface area (Å²) in [4.78, 5) is 52.5. The van der Waals surface area contributed by atoms with Gasteiger partial charge in [0.2, 0.25) is 5.82 Å². The van der Waals surface area contributed by atoms with E-state index >= 15 is 0 Å². The fourth-order valence-corrected chi connectivity index (χ4v) is 4.11. The van der Waals surface area contributed by atoms with Crippen molar-refractivity contribution in [2.75, 3.05) is 4.90 Å². The molecule has 196 valence electrons. The maximum atomic E-state index is 13.5. The highest BCUT2D eigenvalue weighted by Crippen LogP contribution is 2.39. The maximum absolute atomic E-state index is 13.5. The summed E-state index contributed by atoms with van der Waals surface area (Å²) in [6.45, 7) is 3.29. The summed E-state index contributed by atoms with van der Waals surface area (Å²) in [7, 11) is 0. The number of pyridine rings is 1. The average Bonchev–Trinajstić information content (AvgIpc) is 3.33. The van der Waals surface area contributed by atoms with E-state index in [2.05, 4.69) is 14.8 Å². The van der Waals surface area contributed by atoms with Crippen molar-refractivity contribution in [1.82, 2.24) is 20.0 Å². The number of imide groups is 1. The molecule has 9 nitrogen and oxygen atoms in total. The number of aromatic nitrogens is 3. The number of nitrogens with one attached hydrogen (secondary N) is 1. The molecule has 1 aromatic carbocycles. The van der Waals surface area contributed by atoms with E-state index in [0.717, 1.165) is 18.2 Å². The van der Waals surface area contributed by atoms with E-state index in [1.54, 1.807) is 13.8 Å². The van der Waals surface area contributed by atoms with Crippen LogP contribution in [0.3, 0.4) is 0 Å². The van der Waals surface area contributed by atoms with Gasteiger partial charge in [0.05, 0.1) is 16.7 Å². The number of aromatic amines is 1. The Morgan fingerprint density at radius 3 is 2.27 bits per heavy atom. The van der Waals surface area contributed by atoms with Crippen molar-refractivity contribution in [3.63, 3.8) is 0 Å². The zero-order valence-electron chi connectivity index (χ0n) is 19.0. The Morgan fingerprint density at radius 2 is 1.70 bits per heavy atom. The quantitative estimate of drug-likeness (QED) is 0.383. The first-order valence-corrected chi connectivity index (χ1v) is 10.6. The SMILES string of the molecule is CC(C)C(c1ccncc1)C1C(=O)N(c2ccc3nc(C(F)(F)F)[nH]c3c2)C(=O)N1OC(=O)C(F)(F)F. The first-order chi connectivity index (χ1) is 17.2. The molecule has 0 saturated carbocycles. The standard InChI is InChI=1S/C22H17F6N5O4/c1-10(2)15(11-5-7-29-8-6-11)16-17(34)32(20(36)33(16)37-19(35)22(26,27)28)12-3-4-13-14(9-12)31-18(30-13)21(23,24)25/h3-10,15-16H,1-2H3,(H,30,31). The van der Waals surface area contributed by atoms with Gasteiger partial charge in [-0.25, -0.2) is 19.5 Å². The van der Waals surface area contributed by atoms with Gasteiger partial charge in [-0.15, -0.1) is 5.06 Å². The van der Waals surface area contributed by atoms with E-state index < -0.39 is 54.0 Å². The summed E-state index contributed by atoms with van der Waals surface area (Å²) < 4.78 is 78.1. The van der Waals surface area contributed by atoms with Crippen molar-refractivity contribution < 1.29 is 45.6 Å². The largest absolute Gasteiger partial charge is 0.493 e. The predicted octanol–water partition coefficient (Wildman–Crippen LogP) is 4.57.